The summed E-state index contributed by atoms with van der Waals surface area (Å²) in [5.74, 6) is 0.854. The average Bonchev–Trinajstić information content (AvgIpc) is 3.09. The van der Waals surface area contributed by atoms with E-state index in [2.05, 4.69) is 87.5 Å². The number of rotatable bonds is 7. The van der Waals surface area contributed by atoms with Crippen LogP contribution in [0.25, 0.3) is 10.9 Å². The monoisotopic (exact) mass is 567 g/mol. The van der Waals surface area contributed by atoms with Gasteiger partial charge in [-0.3, -0.25) is 4.79 Å². The first-order valence-electron chi connectivity index (χ1n) is 11.0. The van der Waals surface area contributed by atoms with E-state index in [4.69, 9.17) is 4.74 Å². The van der Waals surface area contributed by atoms with Gasteiger partial charge in [0.15, 0.2) is 5.78 Å². The highest BCUT2D eigenvalue weighted by molar-refractivity contribution is 9.10. The van der Waals surface area contributed by atoms with Gasteiger partial charge in [0.1, 0.15) is 5.75 Å². The van der Waals surface area contributed by atoms with Crippen molar-refractivity contribution in [3.8, 4) is 5.75 Å². The van der Waals surface area contributed by atoms with Crippen LogP contribution in [-0.2, 0) is 0 Å². The van der Waals surface area contributed by atoms with E-state index in [-0.39, 0.29) is 17.7 Å². The maximum absolute atomic E-state index is 13.4. The van der Waals surface area contributed by atoms with Gasteiger partial charge in [-0.2, -0.15) is 0 Å². The predicted molar refractivity (Wildman–Crippen MR) is 143 cm³/mol. The molecule has 0 aliphatic rings. The van der Waals surface area contributed by atoms with Crippen molar-refractivity contribution in [3.05, 3.63) is 98.1 Å². The number of nitrogens with zero attached hydrogens (tertiary/aromatic N) is 1. The van der Waals surface area contributed by atoms with Gasteiger partial charge < -0.3 is 9.30 Å². The normalized spacial score (nSPS) is 12.3. The summed E-state index contributed by atoms with van der Waals surface area (Å²) in [7, 11) is 1.67. The Kier molecular flexibility index (Phi) is 7.10. The number of methoxy groups -OCH3 is 1. The summed E-state index contributed by atoms with van der Waals surface area (Å²) < 4.78 is 9.79. The standard InChI is InChI=1S/C28H27Br2NO2/c1-17(2)31-26-14-11-22(30)15-24(26)18(3)28(31)25(19-7-12-23(33-4)13-8-19)16-27(32)20-5-9-21(29)10-6-20/h5-15,17,25H,16H2,1-4H3. The lowest BCUT2D eigenvalue weighted by Crippen LogP contribution is -2.16. The molecule has 0 saturated carbocycles. The van der Waals surface area contributed by atoms with E-state index in [0.29, 0.717) is 6.42 Å². The second-order valence-electron chi connectivity index (χ2n) is 8.60. The van der Waals surface area contributed by atoms with Gasteiger partial charge in [-0.15, -0.1) is 0 Å². The van der Waals surface area contributed by atoms with E-state index in [1.54, 1.807) is 7.11 Å². The number of ether oxygens (including phenoxy) is 1. The average molecular weight is 569 g/mol. The fraction of sp³-hybridized carbons (Fsp3) is 0.250. The molecule has 4 aromatic rings. The molecule has 0 aliphatic heterocycles. The van der Waals surface area contributed by atoms with Crippen molar-refractivity contribution in [1.29, 1.82) is 0 Å². The Labute approximate surface area is 212 Å². The first-order chi connectivity index (χ1) is 15.8. The fourth-order valence-electron chi connectivity index (χ4n) is 4.60. The zero-order valence-electron chi connectivity index (χ0n) is 19.2. The molecule has 1 atom stereocenters. The molecule has 1 unspecified atom stereocenters. The van der Waals surface area contributed by atoms with Gasteiger partial charge in [-0.1, -0.05) is 56.1 Å². The van der Waals surface area contributed by atoms with Crippen molar-refractivity contribution < 1.29 is 9.53 Å². The van der Waals surface area contributed by atoms with Crippen LogP contribution in [0.3, 0.4) is 0 Å². The van der Waals surface area contributed by atoms with Crippen LogP contribution in [0.4, 0.5) is 0 Å². The predicted octanol–water partition coefficient (Wildman–Crippen LogP) is 8.47. The highest BCUT2D eigenvalue weighted by Crippen LogP contribution is 2.40. The molecule has 0 spiro atoms. The number of Topliss-reactive ketones (excluding diaryl/α,β-unsaturated/α-hetero) is 1. The maximum atomic E-state index is 13.4. The molecular weight excluding hydrogens is 542 g/mol. The first kappa shape index (κ1) is 23.8. The summed E-state index contributed by atoms with van der Waals surface area (Å²) in [6.45, 7) is 6.57. The molecule has 170 valence electrons. The fourth-order valence-corrected chi connectivity index (χ4v) is 5.23. The summed E-state index contributed by atoms with van der Waals surface area (Å²) in [5.41, 5.74) is 5.42. The molecule has 0 aliphatic carbocycles. The van der Waals surface area contributed by atoms with Crippen molar-refractivity contribution in [2.45, 2.75) is 39.2 Å². The highest BCUT2D eigenvalue weighted by Gasteiger charge is 2.27. The summed E-state index contributed by atoms with van der Waals surface area (Å²) >= 11 is 7.09. The number of carbonyl (C=O) groups excluding carboxylic acids is 1. The Balaban J connectivity index is 1.89. The topological polar surface area (TPSA) is 31.2 Å². The molecule has 3 aromatic carbocycles. The quantitative estimate of drug-likeness (QED) is 0.209. The molecule has 5 heteroatoms. The first-order valence-corrected chi connectivity index (χ1v) is 12.6. The van der Waals surface area contributed by atoms with Crippen LogP contribution in [0.2, 0.25) is 0 Å². The number of benzene rings is 3. The lowest BCUT2D eigenvalue weighted by molar-refractivity contribution is 0.0976. The highest BCUT2D eigenvalue weighted by atomic mass is 79.9. The zero-order valence-corrected chi connectivity index (χ0v) is 22.4. The van der Waals surface area contributed by atoms with E-state index >= 15 is 0 Å². The molecule has 0 amide bonds. The van der Waals surface area contributed by atoms with Crippen LogP contribution in [0, 0.1) is 6.92 Å². The number of hydrogen-bond acceptors (Lipinski definition) is 2. The Morgan fingerprint density at radius 2 is 1.58 bits per heavy atom. The van der Waals surface area contributed by atoms with Crippen LogP contribution in [-0.4, -0.2) is 17.5 Å². The SMILES string of the molecule is COc1ccc(C(CC(=O)c2ccc(Br)cc2)c2c(C)c3cc(Br)ccc3n2C(C)C)cc1. The van der Waals surface area contributed by atoms with E-state index < -0.39 is 0 Å². The lowest BCUT2D eigenvalue weighted by Gasteiger charge is -2.24. The van der Waals surface area contributed by atoms with Crippen molar-refractivity contribution in [2.75, 3.05) is 7.11 Å². The summed E-state index contributed by atoms with van der Waals surface area (Å²) in [4.78, 5) is 13.4. The van der Waals surface area contributed by atoms with Crippen molar-refractivity contribution >= 4 is 48.5 Å². The second kappa shape index (κ2) is 9.86. The minimum atomic E-state index is -0.0828. The summed E-state index contributed by atoms with van der Waals surface area (Å²) in [5, 5.41) is 1.21. The zero-order chi connectivity index (χ0) is 23.7. The lowest BCUT2D eigenvalue weighted by atomic mass is 9.86. The number of hydrogen-bond donors (Lipinski definition) is 0. The smallest absolute Gasteiger partial charge is 0.163 e. The largest absolute Gasteiger partial charge is 0.497 e. The molecule has 0 radical (unpaired) electrons. The van der Waals surface area contributed by atoms with E-state index in [1.807, 2.05) is 36.4 Å². The third-order valence-electron chi connectivity index (χ3n) is 6.19. The van der Waals surface area contributed by atoms with Gasteiger partial charge in [0.2, 0.25) is 0 Å². The molecule has 0 fully saturated rings. The van der Waals surface area contributed by atoms with E-state index in [9.17, 15) is 4.79 Å². The molecule has 0 N–H and O–H groups in total. The van der Waals surface area contributed by atoms with Crippen LogP contribution in [0.1, 0.15) is 59.4 Å². The molecule has 1 heterocycles. The van der Waals surface area contributed by atoms with Crippen LogP contribution in [0.5, 0.6) is 5.75 Å². The Hall–Kier alpha value is -2.37. The molecule has 0 bridgehead atoms. The van der Waals surface area contributed by atoms with Crippen LogP contribution >= 0.6 is 31.9 Å². The van der Waals surface area contributed by atoms with Gasteiger partial charge >= 0.3 is 0 Å². The third-order valence-corrected chi connectivity index (χ3v) is 7.21. The summed E-state index contributed by atoms with van der Waals surface area (Å²) in [6, 6.07) is 22.4. The number of ketones is 1. The summed E-state index contributed by atoms with van der Waals surface area (Å²) in [6.07, 6.45) is 0.388. The van der Waals surface area contributed by atoms with Crippen molar-refractivity contribution in [3.63, 3.8) is 0 Å². The number of aromatic nitrogens is 1. The Morgan fingerprint density at radius 3 is 2.18 bits per heavy atom. The number of aryl methyl sites for hydroxylation is 1. The van der Waals surface area contributed by atoms with E-state index in [0.717, 1.165) is 25.8 Å². The second-order valence-corrected chi connectivity index (χ2v) is 10.4. The van der Waals surface area contributed by atoms with Gasteiger partial charge in [-0.05, 0) is 74.4 Å². The van der Waals surface area contributed by atoms with Gasteiger partial charge in [0, 0.05) is 49.5 Å². The number of fused-ring (bicyclic) bond motifs is 1. The molecule has 33 heavy (non-hydrogen) atoms. The Morgan fingerprint density at radius 1 is 0.939 bits per heavy atom. The third kappa shape index (κ3) is 4.80. The minimum absolute atomic E-state index is 0.0828. The molecule has 4 rings (SSSR count). The number of carbonyl (C=O) groups is 1. The van der Waals surface area contributed by atoms with Crippen LogP contribution < -0.4 is 4.74 Å². The van der Waals surface area contributed by atoms with Crippen molar-refractivity contribution in [2.24, 2.45) is 0 Å². The molecule has 3 nitrogen and oxygen atoms in total. The van der Waals surface area contributed by atoms with E-state index in [1.165, 1.54) is 22.2 Å². The van der Waals surface area contributed by atoms with Gasteiger partial charge in [0.25, 0.3) is 0 Å². The van der Waals surface area contributed by atoms with Gasteiger partial charge in [0.05, 0.1) is 7.11 Å². The molecular formula is C28H27Br2NO2. The maximum Gasteiger partial charge on any atom is 0.163 e. The number of halogens is 2. The molecule has 1 aromatic heterocycles. The van der Waals surface area contributed by atoms with Gasteiger partial charge in [-0.25, -0.2) is 0 Å². The van der Waals surface area contributed by atoms with Crippen molar-refractivity contribution in [1.82, 2.24) is 4.57 Å². The minimum Gasteiger partial charge on any atom is -0.497 e. The Bertz CT molecular complexity index is 1290. The molecule has 0 saturated heterocycles. The van der Waals surface area contributed by atoms with Crippen LogP contribution in [0.15, 0.2) is 75.7 Å².